The van der Waals surface area contributed by atoms with Crippen LogP contribution in [0.2, 0.25) is 0 Å². The van der Waals surface area contributed by atoms with E-state index in [9.17, 15) is 13.2 Å². The average molecular weight is 482 g/mol. The van der Waals surface area contributed by atoms with Crippen molar-refractivity contribution in [2.75, 3.05) is 39.3 Å². The molecule has 2 aliphatic heterocycles. The van der Waals surface area contributed by atoms with E-state index in [0.29, 0.717) is 37.6 Å². The van der Waals surface area contributed by atoms with E-state index in [1.54, 1.807) is 41.7 Å². The molecule has 1 unspecified atom stereocenters. The Morgan fingerprint density at radius 3 is 2.24 bits per heavy atom. The average Bonchev–Trinajstić information content (AvgIpc) is 3.34. The second-order valence-electron chi connectivity index (χ2n) is 8.43. The van der Waals surface area contributed by atoms with E-state index in [-0.39, 0.29) is 11.9 Å². The molecule has 2 aliphatic rings. The maximum Gasteiger partial charge on any atom is 0.243 e. The fraction of sp³-hybridized carbons (Fsp3) is 0.320. The summed E-state index contributed by atoms with van der Waals surface area (Å²) in [6, 6.07) is 21.1. The summed E-state index contributed by atoms with van der Waals surface area (Å²) in [6.45, 7) is 2.64. The first kappa shape index (κ1) is 22.3. The third-order valence-corrected chi connectivity index (χ3v) is 9.40. The van der Waals surface area contributed by atoms with Gasteiger partial charge in [0.15, 0.2) is 0 Å². The molecular weight excluding hydrogens is 454 g/mol. The number of sulfonamides is 1. The first-order valence-electron chi connectivity index (χ1n) is 11.2. The Hall–Kier alpha value is -2.52. The van der Waals surface area contributed by atoms with Crippen LogP contribution in [0.4, 0.5) is 0 Å². The molecular formula is C25H27N3O3S2. The Morgan fingerprint density at radius 2 is 1.55 bits per heavy atom. The maximum absolute atomic E-state index is 13.2. The number of hydrogen-bond acceptors (Lipinski definition) is 5. The van der Waals surface area contributed by atoms with Crippen molar-refractivity contribution in [1.29, 1.82) is 0 Å². The van der Waals surface area contributed by atoms with Crippen molar-refractivity contribution < 1.29 is 13.2 Å². The Labute approximate surface area is 199 Å². The van der Waals surface area contributed by atoms with Gasteiger partial charge in [-0.25, -0.2) is 8.42 Å². The minimum absolute atomic E-state index is 0.0615. The summed E-state index contributed by atoms with van der Waals surface area (Å²) in [4.78, 5) is 19.0. The standard InChI is InChI=1S/C25H27N3O3S2/c29-24(26-14-16-28(17-15-26)33(30,31)21-9-5-2-6-10-21)19-27-13-11-23-22(12-18-32-23)25(27)20-7-3-1-4-8-20/h1-10,12,18,25H,11,13-17,19H2. The largest absolute Gasteiger partial charge is 0.339 e. The number of carbonyl (C=O) groups excluding carboxylic acids is 1. The quantitative estimate of drug-likeness (QED) is 0.562. The summed E-state index contributed by atoms with van der Waals surface area (Å²) in [5.41, 5.74) is 2.49. The first-order chi connectivity index (χ1) is 16.0. The number of rotatable bonds is 5. The van der Waals surface area contributed by atoms with Crippen LogP contribution in [-0.2, 0) is 21.2 Å². The molecule has 0 bridgehead atoms. The van der Waals surface area contributed by atoms with Gasteiger partial charge in [-0.1, -0.05) is 48.5 Å². The van der Waals surface area contributed by atoms with Gasteiger partial charge in [-0.15, -0.1) is 11.3 Å². The van der Waals surface area contributed by atoms with Gasteiger partial charge in [0, 0.05) is 37.6 Å². The van der Waals surface area contributed by atoms with Crippen LogP contribution in [-0.4, -0.2) is 67.7 Å². The molecule has 3 aromatic rings. The van der Waals surface area contributed by atoms with Crippen LogP contribution in [0.3, 0.4) is 0 Å². The minimum atomic E-state index is -3.52. The molecule has 3 heterocycles. The highest BCUT2D eigenvalue weighted by molar-refractivity contribution is 7.89. The summed E-state index contributed by atoms with van der Waals surface area (Å²) < 4.78 is 27.3. The number of amides is 1. The predicted octanol–water partition coefficient (Wildman–Crippen LogP) is 3.23. The molecule has 33 heavy (non-hydrogen) atoms. The molecule has 1 fully saturated rings. The molecule has 0 aliphatic carbocycles. The molecule has 1 amide bonds. The Morgan fingerprint density at radius 1 is 0.879 bits per heavy atom. The van der Waals surface area contributed by atoms with Gasteiger partial charge in [-0.3, -0.25) is 9.69 Å². The van der Waals surface area contributed by atoms with Gasteiger partial charge < -0.3 is 4.90 Å². The summed E-state index contributed by atoms with van der Waals surface area (Å²) in [5, 5.41) is 2.14. The number of fused-ring (bicyclic) bond motifs is 1. The first-order valence-corrected chi connectivity index (χ1v) is 13.5. The third-order valence-electron chi connectivity index (χ3n) is 6.49. The topological polar surface area (TPSA) is 60.9 Å². The zero-order valence-corrected chi connectivity index (χ0v) is 20.0. The lowest BCUT2D eigenvalue weighted by Crippen LogP contribution is -2.53. The number of piperazine rings is 1. The normalized spacial score (nSPS) is 19.9. The summed E-state index contributed by atoms with van der Waals surface area (Å²) in [6.07, 6.45) is 0.951. The van der Waals surface area contributed by atoms with E-state index in [2.05, 4.69) is 28.5 Å². The van der Waals surface area contributed by atoms with Crippen molar-refractivity contribution in [3.05, 3.63) is 88.1 Å². The summed E-state index contributed by atoms with van der Waals surface area (Å²) in [5.74, 6) is 0.0615. The molecule has 1 aromatic heterocycles. The van der Waals surface area contributed by atoms with E-state index < -0.39 is 10.0 Å². The molecule has 1 atom stereocenters. The highest BCUT2D eigenvalue weighted by atomic mass is 32.2. The van der Waals surface area contributed by atoms with E-state index >= 15 is 0 Å². The molecule has 2 aromatic carbocycles. The van der Waals surface area contributed by atoms with Crippen LogP contribution < -0.4 is 0 Å². The van der Waals surface area contributed by atoms with Crippen LogP contribution in [0, 0.1) is 0 Å². The van der Waals surface area contributed by atoms with Crippen molar-refractivity contribution in [1.82, 2.24) is 14.1 Å². The zero-order chi connectivity index (χ0) is 22.8. The Bertz CT molecular complexity index is 1200. The minimum Gasteiger partial charge on any atom is -0.339 e. The third kappa shape index (κ3) is 4.48. The molecule has 5 rings (SSSR count). The monoisotopic (exact) mass is 481 g/mol. The van der Waals surface area contributed by atoms with Crippen molar-refractivity contribution in [2.45, 2.75) is 17.4 Å². The molecule has 0 spiro atoms. The van der Waals surface area contributed by atoms with Gasteiger partial charge in [-0.2, -0.15) is 4.31 Å². The lowest BCUT2D eigenvalue weighted by Gasteiger charge is -2.39. The molecule has 0 radical (unpaired) electrons. The number of hydrogen-bond donors (Lipinski definition) is 0. The number of thiophene rings is 1. The molecule has 0 saturated carbocycles. The van der Waals surface area contributed by atoms with Crippen LogP contribution in [0.25, 0.3) is 0 Å². The molecule has 0 N–H and O–H groups in total. The van der Waals surface area contributed by atoms with Gasteiger partial charge in [0.25, 0.3) is 0 Å². The van der Waals surface area contributed by atoms with E-state index in [4.69, 9.17) is 0 Å². The number of nitrogens with zero attached hydrogens (tertiary/aromatic N) is 3. The van der Waals surface area contributed by atoms with Crippen molar-refractivity contribution >= 4 is 27.3 Å². The van der Waals surface area contributed by atoms with Gasteiger partial charge in [-0.05, 0) is 41.1 Å². The van der Waals surface area contributed by atoms with Gasteiger partial charge in [0.1, 0.15) is 0 Å². The summed E-state index contributed by atoms with van der Waals surface area (Å²) >= 11 is 1.79. The Balaban J connectivity index is 1.27. The van der Waals surface area contributed by atoms with Gasteiger partial charge in [0.2, 0.25) is 15.9 Å². The lowest BCUT2D eigenvalue weighted by atomic mass is 9.93. The number of benzene rings is 2. The fourth-order valence-electron chi connectivity index (χ4n) is 4.76. The smallest absolute Gasteiger partial charge is 0.243 e. The molecule has 1 saturated heterocycles. The molecule has 6 nitrogen and oxygen atoms in total. The van der Waals surface area contributed by atoms with Crippen LogP contribution in [0.15, 0.2) is 77.0 Å². The number of carbonyl (C=O) groups is 1. The predicted molar refractivity (Wildman–Crippen MR) is 130 cm³/mol. The van der Waals surface area contributed by atoms with E-state index in [1.807, 2.05) is 23.1 Å². The van der Waals surface area contributed by atoms with Crippen LogP contribution in [0.5, 0.6) is 0 Å². The van der Waals surface area contributed by atoms with Crippen molar-refractivity contribution in [2.24, 2.45) is 0 Å². The maximum atomic E-state index is 13.2. The highest BCUT2D eigenvalue weighted by Gasteiger charge is 2.34. The second kappa shape index (κ2) is 9.38. The van der Waals surface area contributed by atoms with Crippen molar-refractivity contribution in [3.63, 3.8) is 0 Å². The van der Waals surface area contributed by atoms with Crippen LogP contribution >= 0.6 is 11.3 Å². The fourth-order valence-corrected chi connectivity index (χ4v) is 7.10. The lowest BCUT2D eigenvalue weighted by molar-refractivity contribution is -0.134. The molecule has 8 heteroatoms. The molecule has 172 valence electrons. The second-order valence-corrected chi connectivity index (χ2v) is 11.4. The summed E-state index contributed by atoms with van der Waals surface area (Å²) in [7, 11) is -3.52. The van der Waals surface area contributed by atoms with Crippen molar-refractivity contribution in [3.8, 4) is 0 Å². The van der Waals surface area contributed by atoms with E-state index in [0.717, 1.165) is 13.0 Å². The SMILES string of the molecule is O=C(CN1CCc2sccc2C1c1ccccc1)N1CCN(S(=O)(=O)c2ccccc2)CC1. The van der Waals surface area contributed by atoms with Gasteiger partial charge in [0.05, 0.1) is 17.5 Å². The van der Waals surface area contributed by atoms with Crippen LogP contribution in [0.1, 0.15) is 22.0 Å². The van der Waals surface area contributed by atoms with E-state index in [1.165, 1.54) is 20.3 Å². The van der Waals surface area contributed by atoms with Gasteiger partial charge >= 0.3 is 0 Å². The Kier molecular flexibility index (Phi) is 6.34. The zero-order valence-electron chi connectivity index (χ0n) is 18.3. The highest BCUT2D eigenvalue weighted by Crippen LogP contribution is 2.37.